The van der Waals surface area contributed by atoms with Gasteiger partial charge in [-0.3, -0.25) is 0 Å². The summed E-state index contributed by atoms with van der Waals surface area (Å²) < 4.78 is 27.0. The fourth-order valence-corrected chi connectivity index (χ4v) is 3.36. The number of sulfonamides is 1. The third-order valence-corrected chi connectivity index (χ3v) is 4.63. The van der Waals surface area contributed by atoms with E-state index in [4.69, 9.17) is 5.73 Å². The molecule has 4 nitrogen and oxygen atoms in total. The Hall–Kier alpha value is -0.910. The quantitative estimate of drug-likeness (QED) is 0.775. The van der Waals surface area contributed by atoms with E-state index in [9.17, 15) is 8.42 Å². The van der Waals surface area contributed by atoms with E-state index >= 15 is 0 Å². The number of nitrogens with one attached hydrogen (secondary N) is 1. The Balaban J connectivity index is 2.66. The number of hydrogen-bond acceptors (Lipinski definition) is 3. The first kappa shape index (κ1) is 18.1. The Morgan fingerprint density at radius 2 is 1.62 bits per heavy atom. The van der Waals surface area contributed by atoms with E-state index in [0.717, 1.165) is 18.4 Å². The molecule has 0 amide bonds. The van der Waals surface area contributed by atoms with Crippen molar-refractivity contribution in [2.45, 2.75) is 51.5 Å². The van der Waals surface area contributed by atoms with Gasteiger partial charge < -0.3 is 5.73 Å². The topological polar surface area (TPSA) is 72.2 Å². The summed E-state index contributed by atoms with van der Waals surface area (Å²) in [5.41, 5.74) is 7.07. The molecular weight excluding hydrogens is 284 g/mol. The standard InChI is InChI=1S/C16H28N2O2S/c1-12(2)9-14-5-7-16(8-6-14)21(19,20)18-11-15(17)10-13(3)4/h5-8,12-13,15,18H,9-11,17H2,1-4H3. The van der Waals surface area contributed by atoms with Crippen LogP contribution < -0.4 is 10.5 Å². The zero-order chi connectivity index (χ0) is 16.0. The maximum atomic E-state index is 12.2. The molecule has 120 valence electrons. The van der Waals surface area contributed by atoms with Gasteiger partial charge in [0.25, 0.3) is 0 Å². The van der Waals surface area contributed by atoms with Crippen LogP contribution in [0.2, 0.25) is 0 Å². The Morgan fingerprint density at radius 1 is 1.05 bits per heavy atom. The minimum Gasteiger partial charge on any atom is -0.327 e. The molecule has 0 saturated heterocycles. The van der Waals surface area contributed by atoms with Crippen LogP contribution in [-0.4, -0.2) is 21.0 Å². The molecule has 1 aromatic carbocycles. The van der Waals surface area contributed by atoms with Gasteiger partial charge in [-0.25, -0.2) is 13.1 Å². The predicted octanol–water partition coefficient (Wildman–Crippen LogP) is 2.54. The molecule has 1 unspecified atom stereocenters. The van der Waals surface area contributed by atoms with Crippen LogP contribution in [0.4, 0.5) is 0 Å². The Bertz CT molecular complexity index is 522. The highest BCUT2D eigenvalue weighted by atomic mass is 32.2. The summed E-state index contributed by atoms with van der Waals surface area (Å²) in [5.74, 6) is 1.01. The number of rotatable bonds is 8. The lowest BCUT2D eigenvalue weighted by molar-refractivity contribution is 0.486. The van der Waals surface area contributed by atoms with E-state index in [2.05, 4.69) is 32.4 Å². The van der Waals surface area contributed by atoms with E-state index in [1.807, 2.05) is 12.1 Å². The van der Waals surface area contributed by atoms with Gasteiger partial charge in [-0.2, -0.15) is 0 Å². The van der Waals surface area contributed by atoms with E-state index < -0.39 is 10.0 Å². The zero-order valence-electron chi connectivity index (χ0n) is 13.5. The minimum atomic E-state index is -3.47. The summed E-state index contributed by atoms with van der Waals surface area (Å²) in [5, 5.41) is 0. The molecule has 0 aliphatic carbocycles. The molecule has 0 saturated carbocycles. The molecule has 1 rings (SSSR count). The van der Waals surface area contributed by atoms with Crippen molar-refractivity contribution in [1.29, 1.82) is 0 Å². The first-order valence-corrected chi connectivity index (χ1v) is 9.03. The van der Waals surface area contributed by atoms with Crippen molar-refractivity contribution >= 4 is 10.0 Å². The van der Waals surface area contributed by atoms with Crippen LogP contribution in [0.3, 0.4) is 0 Å². The molecule has 21 heavy (non-hydrogen) atoms. The zero-order valence-corrected chi connectivity index (χ0v) is 14.3. The van der Waals surface area contributed by atoms with Gasteiger partial charge in [-0.1, -0.05) is 39.8 Å². The van der Waals surface area contributed by atoms with Crippen LogP contribution in [0.5, 0.6) is 0 Å². The van der Waals surface area contributed by atoms with Gasteiger partial charge in [-0.15, -0.1) is 0 Å². The van der Waals surface area contributed by atoms with Crippen LogP contribution >= 0.6 is 0 Å². The molecule has 0 spiro atoms. The van der Waals surface area contributed by atoms with E-state index in [0.29, 0.717) is 16.7 Å². The highest BCUT2D eigenvalue weighted by Crippen LogP contribution is 2.13. The first-order valence-electron chi connectivity index (χ1n) is 7.55. The normalized spacial score (nSPS) is 13.9. The summed E-state index contributed by atoms with van der Waals surface area (Å²) in [6.45, 7) is 8.70. The summed E-state index contributed by atoms with van der Waals surface area (Å²) in [6, 6.07) is 6.92. The Labute approximate surface area is 129 Å². The second kappa shape index (κ2) is 7.92. The van der Waals surface area contributed by atoms with E-state index in [-0.39, 0.29) is 12.6 Å². The maximum Gasteiger partial charge on any atom is 0.240 e. The van der Waals surface area contributed by atoms with Crippen LogP contribution in [0.15, 0.2) is 29.2 Å². The molecule has 0 radical (unpaired) electrons. The average Bonchev–Trinajstić information content (AvgIpc) is 2.36. The highest BCUT2D eigenvalue weighted by molar-refractivity contribution is 7.89. The molecule has 0 aliphatic heterocycles. The molecule has 1 aromatic rings. The fraction of sp³-hybridized carbons (Fsp3) is 0.625. The molecule has 0 aliphatic rings. The second-order valence-corrected chi connectivity index (χ2v) is 8.25. The van der Waals surface area contributed by atoms with Crippen molar-refractivity contribution in [1.82, 2.24) is 4.72 Å². The van der Waals surface area contributed by atoms with Gasteiger partial charge in [0.2, 0.25) is 10.0 Å². The van der Waals surface area contributed by atoms with Crippen LogP contribution in [0.25, 0.3) is 0 Å². The fourth-order valence-electron chi connectivity index (χ4n) is 2.27. The summed E-state index contributed by atoms with van der Waals surface area (Å²) >= 11 is 0. The summed E-state index contributed by atoms with van der Waals surface area (Å²) in [7, 11) is -3.47. The van der Waals surface area contributed by atoms with E-state index in [1.54, 1.807) is 12.1 Å². The van der Waals surface area contributed by atoms with Gasteiger partial charge >= 0.3 is 0 Å². The monoisotopic (exact) mass is 312 g/mol. The summed E-state index contributed by atoms with van der Waals surface area (Å²) in [4.78, 5) is 0.298. The van der Waals surface area contributed by atoms with Gasteiger partial charge in [0, 0.05) is 12.6 Å². The molecule has 0 aromatic heterocycles. The molecule has 0 fully saturated rings. The second-order valence-electron chi connectivity index (χ2n) is 6.48. The number of benzene rings is 1. The third kappa shape index (κ3) is 6.59. The Morgan fingerprint density at radius 3 is 2.10 bits per heavy atom. The van der Waals surface area contributed by atoms with Crippen molar-refractivity contribution < 1.29 is 8.42 Å². The van der Waals surface area contributed by atoms with Crippen molar-refractivity contribution in [3.05, 3.63) is 29.8 Å². The van der Waals surface area contributed by atoms with Crippen molar-refractivity contribution in [2.24, 2.45) is 17.6 Å². The molecule has 0 bridgehead atoms. The van der Waals surface area contributed by atoms with E-state index in [1.165, 1.54) is 0 Å². The highest BCUT2D eigenvalue weighted by Gasteiger charge is 2.15. The molecule has 5 heteroatoms. The SMILES string of the molecule is CC(C)Cc1ccc(S(=O)(=O)NCC(N)CC(C)C)cc1. The lowest BCUT2D eigenvalue weighted by Crippen LogP contribution is -2.37. The molecule has 0 heterocycles. The van der Waals surface area contributed by atoms with Crippen molar-refractivity contribution in [2.75, 3.05) is 6.54 Å². The lowest BCUT2D eigenvalue weighted by atomic mass is 10.0. The summed E-state index contributed by atoms with van der Waals surface area (Å²) in [6.07, 6.45) is 1.75. The maximum absolute atomic E-state index is 12.2. The smallest absolute Gasteiger partial charge is 0.240 e. The van der Waals surface area contributed by atoms with Gasteiger partial charge in [0.1, 0.15) is 0 Å². The van der Waals surface area contributed by atoms with Crippen LogP contribution in [0, 0.1) is 11.8 Å². The van der Waals surface area contributed by atoms with Crippen molar-refractivity contribution in [3.8, 4) is 0 Å². The lowest BCUT2D eigenvalue weighted by Gasteiger charge is -2.15. The molecule has 1 atom stereocenters. The van der Waals surface area contributed by atoms with Crippen molar-refractivity contribution in [3.63, 3.8) is 0 Å². The molecular formula is C16H28N2O2S. The third-order valence-electron chi connectivity index (χ3n) is 3.19. The molecule has 3 N–H and O–H groups in total. The van der Waals surface area contributed by atoms with Crippen LogP contribution in [0.1, 0.15) is 39.7 Å². The predicted molar refractivity (Wildman–Crippen MR) is 87.6 cm³/mol. The average molecular weight is 312 g/mol. The van der Waals surface area contributed by atoms with Gasteiger partial charge in [0.05, 0.1) is 4.90 Å². The largest absolute Gasteiger partial charge is 0.327 e. The van der Waals surface area contributed by atoms with Gasteiger partial charge in [-0.05, 0) is 42.4 Å². The van der Waals surface area contributed by atoms with Crippen LogP contribution in [-0.2, 0) is 16.4 Å². The Kier molecular flexibility index (Phi) is 6.84. The minimum absolute atomic E-state index is 0.153. The number of nitrogens with two attached hydrogens (primary N) is 1. The number of hydrogen-bond donors (Lipinski definition) is 2. The first-order chi connectivity index (χ1) is 9.70. The van der Waals surface area contributed by atoms with Gasteiger partial charge in [0.15, 0.2) is 0 Å².